The Morgan fingerprint density at radius 2 is 2.00 bits per heavy atom. The van der Waals surface area contributed by atoms with Crippen LogP contribution in [0.3, 0.4) is 0 Å². The van der Waals surface area contributed by atoms with Crippen molar-refractivity contribution in [1.29, 1.82) is 0 Å². The third-order valence-corrected chi connectivity index (χ3v) is 2.80. The van der Waals surface area contributed by atoms with Gasteiger partial charge in [-0.15, -0.1) is 0 Å². The second-order valence-corrected chi connectivity index (χ2v) is 4.49. The zero-order chi connectivity index (χ0) is 11.3. The van der Waals surface area contributed by atoms with Crippen molar-refractivity contribution < 1.29 is 0 Å². The normalized spacial score (nSPS) is 14.9. The minimum absolute atomic E-state index is 0.450. The summed E-state index contributed by atoms with van der Waals surface area (Å²) in [5, 5.41) is 3.62. The van der Waals surface area contributed by atoms with E-state index in [0.717, 1.165) is 0 Å². The van der Waals surface area contributed by atoms with Gasteiger partial charge in [-0.25, -0.2) is 0 Å². The SMILES string of the molecule is CCCC(C)N[C@@H](C)c1cccc(C)c1. The van der Waals surface area contributed by atoms with Gasteiger partial charge in [-0.2, -0.15) is 0 Å². The van der Waals surface area contributed by atoms with E-state index < -0.39 is 0 Å². The Morgan fingerprint density at radius 3 is 2.60 bits per heavy atom. The van der Waals surface area contributed by atoms with Gasteiger partial charge in [0.05, 0.1) is 0 Å². The lowest BCUT2D eigenvalue weighted by Crippen LogP contribution is -2.28. The Morgan fingerprint density at radius 1 is 1.27 bits per heavy atom. The van der Waals surface area contributed by atoms with E-state index in [1.807, 2.05) is 0 Å². The van der Waals surface area contributed by atoms with Crippen LogP contribution in [0.25, 0.3) is 0 Å². The van der Waals surface area contributed by atoms with Gasteiger partial charge in [-0.3, -0.25) is 0 Å². The summed E-state index contributed by atoms with van der Waals surface area (Å²) in [6.45, 7) is 8.87. The van der Waals surface area contributed by atoms with E-state index in [0.29, 0.717) is 12.1 Å². The van der Waals surface area contributed by atoms with Crippen molar-refractivity contribution in [2.24, 2.45) is 0 Å². The molecule has 2 atom stereocenters. The Bertz CT molecular complexity index is 293. The van der Waals surface area contributed by atoms with Gasteiger partial charge in [-0.05, 0) is 32.8 Å². The van der Waals surface area contributed by atoms with Crippen LogP contribution in [-0.4, -0.2) is 6.04 Å². The average Bonchev–Trinajstić information content (AvgIpc) is 2.18. The number of rotatable bonds is 5. The molecule has 15 heavy (non-hydrogen) atoms. The van der Waals surface area contributed by atoms with E-state index in [1.54, 1.807) is 0 Å². The smallest absolute Gasteiger partial charge is 0.0294 e. The number of hydrogen-bond acceptors (Lipinski definition) is 1. The lowest BCUT2D eigenvalue weighted by atomic mass is 10.0. The zero-order valence-electron chi connectivity index (χ0n) is 10.4. The Kier molecular flexibility index (Phi) is 4.83. The highest BCUT2D eigenvalue weighted by molar-refractivity contribution is 5.24. The number of benzene rings is 1. The van der Waals surface area contributed by atoms with Crippen LogP contribution < -0.4 is 5.32 Å². The third-order valence-electron chi connectivity index (χ3n) is 2.80. The first-order chi connectivity index (χ1) is 7.13. The minimum atomic E-state index is 0.450. The Balaban J connectivity index is 2.56. The third kappa shape index (κ3) is 4.05. The molecule has 0 radical (unpaired) electrons. The van der Waals surface area contributed by atoms with E-state index in [1.165, 1.54) is 24.0 Å². The molecule has 0 saturated heterocycles. The van der Waals surface area contributed by atoms with E-state index >= 15 is 0 Å². The zero-order valence-corrected chi connectivity index (χ0v) is 10.4. The molecule has 1 aromatic rings. The molecule has 1 heteroatoms. The van der Waals surface area contributed by atoms with Crippen LogP contribution in [0, 0.1) is 6.92 Å². The molecule has 0 aromatic heterocycles. The van der Waals surface area contributed by atoms with Crippen LogP contribution in [0.2, 0.25) is 0 Å². The molecule has 1 aromatic carbocycles. The van der Waals surface area contributed by atoms with E-state index in [-0.39, 0.29) is 0 Å². The predicted octanol–water partition coefficient (Wildman–Crippen LogP) is 3.83. The summed E-state index contributed by atoms with van der Waals surface area (Å²) >= 11 is 0. The molecule has 0 bridgehead atoms. The monoisotopic (exact) mass is 205 g/mol. The van der Waals surface area contributed by atoms with Crippen molar-refractivity contribution in [3.05, 3.63) is 35.4 Å². The van der Waals surface area contributed by atoms with Gasteiger partial charge in [0.25, 0.3) is 0 Å². The fourth-order valence-corrected chi connectivity index (χ4v) is 1.98. The molecule has 0 amide bonds. The molecule has 0 saturated carbocycles. The fourth-order valence-electron chi connectivity index (χ4n) is 1.98. The van der Waals surface area contributed by atoms with Crippen molar-refractivity contribution in [1.82, 2.24) is 5.32 Å². The van der Waals surface area contributed by atoms with Crippen LogP contribution in [0.15, 0.2) is 24.3 Å². The van der Waals surface area contributed by atoms with Crippen molar-refractivity contribution in [2.45, 2.75) is 52.6 Å². The topological polar surface area (TPSA) is 12.0 Å². The summed E-state index contributed by atoms with van der Waals surface area (Å²) in [5.41, 5.74) is 2.72. The van der Waals surface area contributed by atoms with Crippen molar-refractivity contribution >= 4 is 0 Å². The highest BCUT2D eigenvalue weighted by atomic mass is 14.9. The molecule has 0 heterocycles. The van der Waals surface area contributed by atoms with Gasteiger partial charge >= 0.3 is 0 Å². The number of aryl methyl sites for hydroxylation is 1. The second-order valence-electron chi connectivity index (χ2n) is 4.49. The maximum absolute atomic E-state index is 3.62. The maximum atomic E-state index is 3.62. The quantitative estimate of drug-likeness (QED) is 0.770. The van der Waals surface area contributed by atoms with Gasteiger partial charge in [0.1, 0.15) is 0 Å². The molecular formula is C14H23N. The summed E-state index contributed by atoms with van der Waals surface area (Å²) < 4.78 is 0. The first-order valence-electron chi connectivity index (χ1n) is 5.96. The maximum Gasteiger partial charge on any atom is 0.0294 e. The molecule has 1 N–H and O–H groups in total. The molecule has 1 unspecified atom stereocenters. The Hall–Kier alpha value is -0.820. The fraction of sp³-hybridized carbons (Fsp3) is 0.571. The lowest BCUT2D eigenvalue weighted by Gasteiger charge is -2.20. The summed E-state index contributed by atoms with van der Waals surface area (Å²) in [4.78, 5) is 0. The molecule has 0 fully saturated rings. The standard InChI is InChI=1S/C14H23N/c1-5-7-12(3)15-13(4)14-9-6-8-11(2)10-14/h6,8-10,12-13,15H,5,7H2,1-4H3/t12?,13-/m0/s1. The number of nitrogens with one attached hydrogen (secondary N) is 1. The summed E-state index contributed by atoms with van der Waals surface area (Å²) in [6, 6.07) is 9.79. The van der Waals surface area contributed by atoms with Crippen molar-refractivity contribution in [2.75, 3.05) is 0 Å². The minimum Gasteiger partial charge on any atom is -0.308 e. The van der Waals surface area contributed by atoms with Gasteiger partial charge in [0.15, 0.2) is 0 Å². The van der Waals surface area contributed by atoms with Crippen LogP contribution in [0.5, 0.6) is 0 Å². The van der Waals surface area contributed by atoms with Crippen LogP contribution >= 0.6 is 0 Å². The van der Waals surface area contributed by atoms with E-state index in [9.17, 15) is 0 Å². The molecule has 0 aliphatic heterocycles. The van der Waals surface area contributed by atoms with Crippen molar-refractivity contribution in [3.63, 3.8) is 0 Å². The predicted molar refractivity (Wildman–Crippen MR) is 67.1 cm³/mol. The molecular weight excluding hydrogens is 182 g/mol. The van der Waals surface area contributed by atoms with E-state index in [2.05, 4.69) is 57.3 Å². The van der Waals surface area contributed by atoms with Gasteiger partial charge < -0.3 is 5.32 Å². The first kappa shape index (κ1) is 12.3. The van der Waals surface area contributed by atoms with E-state index in [4.69, 9.17) is 0 Å². The van der Waals surface area contributed by atoms with Crippen LogP contribution in [0.4, 0.5) is 0 Å². The largest absolute Gasteiger partial charge is 0.308 e. The number of hydrogen-bond donors (Lipinski definition) is 1. The molecule has 0 aliphatic rings. The second kappa shape index (κ2) is 5.92. The lowest BCUT2D eigenvalue weighted by molar-refractivity contribution is 0.452. The molecule has 1 nitrogen and oxygen atoms in total. The van der Waals surface area contributed by atoms with Gasteiger partial charge in [0.2, 0.25) is 0 Å². The molecule has 0 spiro atoms. The average molecular weight is 205 g/mol. The molecule has 1 rings (SSSR count). The molecule has 84 valence electrons. The first-order valence-corrected chi connectivity index (χ1v) is 5.96. The Labute approximate surface area is 93.9 Å². The highest BCUT2D eigenvalue weighted by Crippen LogP contribution is 2.15. The highest BCUT2D eigenvalue weighted by Gasteiger charge is 2.08. The summed E-state index contributed by atoms with van der Waals surface area (Å²) in [5.74, 6) is 0. The van der Waals surface area contributed by atoms with Gasteiger partial charge in [-0.1, -0.05) is 43.2 Å². The van der Waals surface area contributed by atoms with Gasteiger partial charge in [0, 0.05) is 12.1 Å². The van der Waals surface area contributed by atoms with Crippen molar-refractivity contribution in [3.8, 4) is 0 Å². The molecule has 0 aliphatic carbocycles. The van der Waals surface area contributed by atoms with Crippen LogP contribution in [-0.2, 0) is 0 Å². The summed E-state index contributed by atoms with van der Waals surface area (Å²) in [7, 11) is 0. The van der Waals surface area contributed by atoms with Crippen LogP contribution in [0.1, 0.15) is 50.8 Å². The summed E-state index contributed by atoms with van der Waals surface area (Å²) in [6.07, 6.45) is 2.49.